The number of Topliss-reactive ketones (excluding diaryl/α,β-unsaturated/α-hetero) is 1. The van der Waals surface area contributed by atoms with Gasteiger partial charge in [0.15, 0.2) is 5.78 Å². The highest BCUT2D eigenvalue weighted by Gasteiger charge is 2.19. The van der Waals surface area contributed by atoms with Crippen LogP contribution in [-0.2, 0) is 9.53 Å². The molecule has 0 aliphatic heterocycles. The smallest absolute Gasteiger partial charge is 0.306 e. The van der Waals surface area contributed by atoms with Gasteiger partial charge in [0, 0.05) is 11.5 Å². The number of methoxy groups -OCH3 is 1. The van der Waals surface area contributed by atoms with E-state index in [4.69, 9.17) is 9.47 Å². The maximum Gasteiger partial charge on any atom is 0.306 e. The van der Waals surface area contributed by atoms with Crippen LogP contribution in [-0.4, -0.2) is 25.5 Å². The number of hydrogen-bond donors (Lipinski definition) is 0. The zero-order valence-electron chi connectivity index (χ0n) is 10.9. The van der Waals surface area contributed by atoms with E-state index in [0.29, 0.717) is 17.9 Å². The van der Waals surface area contributed by atoms with Gasteiger partial charge in [0.05, 0.1) is 20.1 Å². The van der Waals surface area contributed by atoms with Crippen LogP contribution in [0, 0.1) is 5.92 Å². The average Bonchev–Trinajstić information content (AvgIpc) is 2.38. The monoisotopic (exact) mass is 250 g/mol. The Bertz CT molecular complexity index is 408. The van der Waals surface area contributed by atoms with Crippen LogP contribution in [0.25, 0.3) is 0 Å². The van der Waals surface area contributed by atoms with Gasteiger partial charge in [-0.3, -0.25) is 9.59 Å². The quantitative estimate of drug-likeness (QED) is 0.575. The van der Waals surface area contributed by atoms with Crippen molar-refractivity contribution in [3.05, 3.63) is 29.8 Å². The fraction of sp³-hybridized carbons (Fsp3) is 0.429. The fourth-order valence-corrected chi connectivity index (χ4v) is 1.60. The molecule has 0 aromatic heterocycles. The Balaban J connectivity index is 2.64. The highest BCUT2D eigenvalue weighted by atomic mass is 16.5. The van der Waals surface area contributed by atoms with Gasteiger partial charge in [-0.25, -0.2) is 0 Å². The van der Waals surface area contributed by atoms with Crippen LogP contribution >= 0.6 is 0 Å². The second kappa shape index (κ2) is 6.79. The minimum absolute atomic E-state index is 0.0642. The molecular formula is C14H18O4. The first-order valence-electron chi connectivity index (χ1n) is 5.92. The molecule has 1 aromatic carbocycles. The van der Waals surface area contributed by atoms with Gasteiger partial charge in [0.1, 0.15) is 5.75 Å². The first-order chi connectivity index (χ1) is 8.58. The molecule has 4 heteroatoms. The lowest BCUT2D eigenvalue weighted by molar-refractivity contribution is -0.143. The van der Waals surface area contributed by atoms with Crippen molar-refractivity contribution in [2.45, 2.75) is 20.3 Å². The fourth-order valence-electron chi connectivity index (χ4n) is 1.60. The second-order valence-electron chi connectivity index (χ2n) is 4.00. The molecule has 0 spiro atoms. The molecule has 18 heavy (non-hydrogen) atoms. The zero-order chi connectivity index (χ0) is 13.5. The van der Waals surface area contributed by atoms with E-state index < -0.39 is 0 Å². The number of rotatable bonds is 6. The maximum atomic E-state index is 12.0. The third-order valence-electron chi connectivity index (χ3n) is 2.60. The summed E-state index contributed by atoms with van der Waals surface area (Å²) in [5, 5.41) is 0. The van der Waals surface area contributed by atoms with E-state index in [9.17, 15) is 9.59 Å². The molecule has 0 aliphatic carbocycles. The van der Waals surface area contributed by atoms with Crippen molar-refractivity contribution in [3.8, 4) is 5.75 Å². The molecule has 0 radical (unpaired) electrons. The van der Waals surface area contributed by atoms with Crippen molar-refractivity contribution in [3.63, 3.8) is 0 Å². The van der Waals surface area contributed by atoms with E-state index in [-0.39, 0.29) is 24.1 Å². The largest absolute Gasteiger partial charge is 0.497 e. The molecule has 1 rings (SSSR count). The Morgan fingerprint density at radius 1 is 1.22 bits per heavy atom. The summed E-state index contributed by atoms with van der Waals surface area (Å²) in [6.07, 6.45) is 0.110. The van der Waals surface area contributed by atoms with Crippen LogP contribution in [0.4, 0.5) is 0 Å². The third kappa shape index (κ3) is 3.87. The number of hydrogen-bond acceptors (Lipinski definition) is 4. The first-order valence-corrected chi connectivity index (χ1v) is 5.92. The number of benzene rings is 1. The van der Waals surface area contributed by atoms with Gasteiger partial charge in [0.25, 0.3) is 0 Å². The zero-order valence-corrected chi connectivity index (χ0v) is 10.9. The summed E-state index contributed by atoms with van der Waals surface area (Å²) in [5.41, 5.74) is 0.576. The summed E-state index contributed by atoms with van der Waals surface area (Å²) in [6.45, 7) is 3.81. The number of ketones is 1. The number of carbonyl (C=O) groups is 2. The van der Waals surface area contributed by atoms with Crippen LogP contribution < -0.4 is 4.74 Å². The van der Waals surface area contributed by atoms with Gasteiger partial charge in [-0.05, 0) is 31.2 Å². The number of carbonyl (C=O) groups excluding carboxylic acids is 2. The summed E-state index contributed by atoms with van der Waals surface area (Å²) >= 11 is 0. The second-order valence-corrected chi connectivity index (χ2v) is 4.00. The molecule has 0 amide bonds. The molecule has 0 unspecified atom stereocenters. The molecule has 1 atom stereocenters. The Hall–Kier alpha value is -1.84. The minimum atomic E-state index is -0.377. The van der Waals surface area contributed by atoms with Crippen LogP contribution in [0.1, 0.15) is 30.6 Å². The Kier molecular flexibility index (Phi) is 5.36. The first kappa shape index (κ1) is 14.2. The standard InChI is InChI=1S/C14H18O4/c1-4-18-13(15)9-10(2)14(16)11-5-7-12(17-3)8-6-11/h5-8,10H,4,9H2,1-3H3/t10-/m0/s1. The maximum absolute atomic E-state index is 12.0. The summed E-state index contributed by atoms with van der Waals surface area (Å²) in [7, 11) is 1.57. The number of ether oxygens (including phenoxy) is 2. The van der Waals surface area contributed by atoms with Crippen molar-refractivity contribution < 1.29 is 19.1 Å². The third-order valence-corrected chi connectivity index (χ3v) is 2.60. The molecule has 0 heterocycles. The van der Waals surface area contributed by atoms with Crippen molar-refractivity contribution >= 4 is 11.8 Å². The lowest BCUT2D eigenvalue weighted by Crippen LogP contribution is -2.17. The molecule has 1 aromatic rings. The average molecular weight is 250 g/mol. The van der Waals surface area contributed by atoms with Gasteiger partial charge in [-0.2, -0.15) is 0 Å². The van der Waals surface area contributed by atoms with E-state index in [1.807, 2.05) is 0 Å². The predicted molar refractivity (Wildman–Crippen MR) is 67.7 cm³/mol. The summed E-state index contributed by atoms with van der Waals surface area (Å²) in [5.74, 6) is -0.0837. The summed E-state index contributed by atoms with van der Waals surface area (Å²) < 4.78 is 9.84. The van der Waals surface area contributed by atoms with Gasteiger partial charge in [-0.1, -0.05) is 6.92 Å². The molecule has 0 fully saturated rings. The normalized spacial score (nSPS) is 11.7. The van der Waals surface area contributed by atoms with Gasteiger partial charge < -0.3 is 9.47 Å². The topological polar surface area (TPSA) is 52.6 Å². The van der Waals surface area contributed by atoms with Crippen molar-refractivity contribution in [1.29, 1.82) is 0 Å². The van der Waals surface area contributed by atoms with Crippen LogP contribution in [0.5, 0.6) is 5.75 Å². The van der Waals surface area contributed by atoms with Crippen LogP contribution in [0.3, 0.4) is 0 Å². The highest BCUT2D eigenvalue weighted by molar-refractivity contribution is 5.99. The van der Waals surface area contributed by atoms with E-state index >= 15 is 0 Å². The van der Waals surface area contributed by atoms with Crippen molar-refractivity contribution in [1.82, 2.24) is 0 Å². The van der Waals surface area contributed by atoms with E-state index in [1.54, 1.807) is 45.2 Å². The van der Waals surface area contributed by atoms with Crippen LogP contribution in [0.2, 0.25) is 0 Å². The van der Waals surface area contributed by atoms with Crippen molar-refractivity contribution in [2.75, 3.05) is 13.7 Å². The Morgan fingerprint density at radius 3 is 2.33 bits per heavy atom. The predicted octanol–water partition coefficient (Wildman–Crippen LogP) is 2.47. The summed E-state index contributed by atoms with van der Waals surface area (Å²) in [6, 6.07) is 6.85. The number of esters is 1. The minimum Gasteiger partial charge on any atom is -0.497 e. The summed E-state index contributed by atoms with van der Waals surface area (Å²) in [4.78, 5) is 23.3. The van der Waals surface area contributed by atoms with Gasteiger partial charge in [-0.15, -0.1) is 0 Å². The SMILES string of the molecule is CCOC(=O)C[C@H](C)C(=O)c1ccc(OC)cc1. The lowest BCUT2D eigenvalue weighted by Gasteiger charge is -2.10. The van der Waals surface area contributed by atoms with Crippen molar-refractivity contribution in [2.24, 2.45) is 5.92 Å². The molecule has 0 saturated heterocycles. The molecule has 4 nitrogen and oxygen atoms in total. The molecule has 0 N–H and O–H groups in total. The molecule has 0 bridgehead atoms. The Labute approximate surface area is 107 Å². The lowest BCUT2D eigenvalue weighted by atomic mass is 9.96. The van der Waals surface area contributed by atoms with E-state index in [1.165, 1.54) is 0 Å². The molecule has 0 saturated carbocycles. The van der Waals surface area contributed by atoms with Gasteiger partial charge >= 0.3 is 5.97 Å². The Morgan fingerprint density at radius 2 is 1.83 bits per heavy atom. The van der Waals surface area contributed by atoms with E-state index in [2.05, 4.69) is 0 Å². The van der Waals surface area contributed by atoms with Gasteiger partial charge in [0.2, 0.25) is 0 Å². The molecule has 0 aliphatic rings. The molecule has 98 valence electrons. The highest BCUT2D eigenvalue weighted by Crippen LogP contribution is 2.16. The van der Waals surface area contributed by atoms with E-state index in [0.717, 1.165) is 0 Å². The molecular weight excluding hydrogens is 232 g/mol. The van der Waals surface area contributed by atoms with Crippen LogP contribution in [0.15, 0.2) is 24.3 Å².